The molecule has 2 aliphatic rings. The summed E-state index contributed by atoms with van der Waals surface area (Å²) in [5, 5.41) is 4.11. The van der Waals surface area contributed by atoms with E-state index in [0.717, 1.165) is 24.6 Å². The van der Waals surface area contributed by atoms with Gasteiger partial charge in [-0.3, -0.25) is 4.90 Å². The van der Waals surface area contributed by atoms with E-state index in [2.05, 4.69) is 31.0 Å². The molecule has 1 N–H and O–H groups in total. The predicted octanol–water partition coefficient (Wildman–Crippen LogP) is 3.83. The average molecular weight is 311 g/mol. The molecule has 0 spiro atoms. The van der Waals surface area contributed by atoms with Crippen LogP contribution in [0.1, 0.15) is 39.2 Å². The highest BCUT2D eigenvalue weighted by Crippen LogP contribution is 2.45. The van der Waals surface area contributed by atoms with Crippen LogP contribution >= 0.6 is 11.6 Å². The van der Waals surface area contributed by atoms with Gasteiger partial charge in [0.25, 0.3) is 0 Å². The molecule has 1 saturated heterocycles. The summed E-state index contributed by atoms with van der Waals surface area (Å²) in [6.45, 7) is 9.30. The van der Waals surface area contributed by atoms with Gasteiger partial charge in [-0.25, -0.2) is 4.39 Å². The summed E-state index contributed by atoms with van der Waals surface area (Å²) >= 11 is 5.86. The SMILES string of the molecule is CC1(C)CN(Cc2ccc(Cl)cc2F)C(C)(C2CC2)CN1. The van der Waals surface area contributed by atoms with E-state index in [1.165, 1.54) is 18.9 Å². The number of nitrogens with one attached hydrogen (secondary N) is 1. The Morgan fingerprint density at radius 3 is 2.67 bits per heavy atom. The minimum Gasteiger partial charge on any atom is -0.309 e. The van der Waals surface area contributed by atoms with Crippen LogP contribution in [-0.2, 0) is 6.54 Å². The molecule has 1 aliphatic heterocycles. The van der Waals surface area contributed by atoms with Crippen molar-refractivity contribution in [2.75, 3.05) is 13.1 Å². The van der Waals surface area contributed by atoms with Crippen LogP contribution in [0.5, 0.6) is 0 Å². The van der Waals surface area contributed by atoms with Crippen LogP contribution in [-0.4, -0.2) is 29.1 Å². The van der Waals surface area contributed by atoms with Gasteiger partial charge in [0.15, 0.2) is 0 Å². The minimum atomic E-state index is -0.197. The number of nitrogens with zero attached hydrogens (tertiary/aromatic N) is 1. The summed E-state index contributed by atoms with van der Waals surface area (Å²) < 4.78 is 14.1. The molecule has 21 heavy (non-hydrogen) atoms. The molecule has 1 aromatic carbocycles. The highest BCUT2D eigenvalue weighted by Gasteiger charge is 2.49. The van der Waals surface area contributed by atoms with Crippen molar-refractivity contribution < 1.29 is 4.39 Å². The Bertz CT molecular complexity index is 542. The Kier molecular flexibility index (Phi) is 3.79. The van der Waals surface area contributed by atoms with Crippen molar-refractivity contribution in [3.63, 3.8) is 0 Å². The summed E-state index contributed by atoms with van der Waals surface area (Å²) in [7, 11) is 0. The predicted molar refractivity (Wildman–Crippen MR) is 85.0 cm³/mol. The largest absolute Gasteiger partial charge is 0.309 e. The molecule has 0 radical (unpaired) electrons. The first-order chi connectivity index (χ1) is 9.80. The first kappa shape index (κ1) is 15.3. The van der Waals surface area contributed by atoms with E-state index >= 15 is 0 Å². The van der Waals surface area contributed by atoms with E-state index < -0.39 is 0 Å². The van der Waals surface area contributed by atoms with Crippen molar-refractivity contribution in [3.8, 4) is 0 Å². The van der Waals surface area contributed by atoms with Gasteiger partial charge in [-0.15, -0.1) is 0 Å². The fourth-order valence-corrected chi connectivity index (χ4v) is 3.60. The van der Waals surface area contributed by atoms with Crippen LogP contribution in [0.3, 0.4) is 0 Å². The number of benzene rings is 1. The molecule has 1 aromatic rings. The van der Waals surface area contributed by atoms with Crippen molar-refractivity contribution in [2.24, 2.45) is 5.92 Å². The molecule has 1 aliphatic carbocycles. The Morgan fingerprint density at radius 1 is 1.33 bits per heavy atom. The molecule has 1 atom stereocenters. The van der Waals surface area contributed by atoms with Gasteiger partial charge in [-0.05, 0) is 51.7 Å². The average Bonchev–Trinajstić information content (AvgIpc) is 3.22. The monoisotopic (exact) mass is 310 g/mol. The third kappa shape index (κ3) is 3.10. The normalized spacial score (nSPS) is 29.6. The zero-order valence-electron chi connectivity index (χ0n) is 13.0. The highest BCUT2D eigenvalue weighted by molar-refractivity contribution is 6.30. The van der Waals surface area contributed by atoms with Gasteiger partial charge < -0.3 is 5.32 Å². The van der Waals surface area contributed by atoms with Crippen LogP contribution in [0, 0.1) is 11.7 Å². The third-order valence-electron chi connectivity index (χ3n) is 5.07. The molecular formula is C17H24ClFN2. The maximum atomic E-state index is 14.1. The Hall–Kier alpha value is -0.640. The molecule has 116 valence electrons. The van der Waals surface area contributed by atoms with Gasteiger partial charge in [-0.1, -0.05) is 17.7 Å². The van der Waals surface area contributed by atoms with Gasteiger partial charge in [-0.2, -0.15) is 0 Å². The highest BCUT2D eigenvalue weighted by atomic mass is 35.5. The lowest BCUT2D eigenvalue weighted by Gasteiger charge is -2.52. The first-order valence-electron chi connectivity index (χ1n) is 7.74. The van der Waals surface area contributed by atoms with Crippen molar-refractivity contribution in [1.82, 2.24) is 10.2 Å². The molecule has 2 nitrogen and oxygen atoms in total. The van der Waals surface area contributed by atoms with Crippen LogP contribution in [0.15, 0.2) is 18.2 Å². The molecule has 1 saturated carbocycles. The van der Waals surface area contributed by atoms with Gasteiger partial charge in [0.05, 0.1) is 0 Å². The van der Waals surface area contributed by atoms with Crippen LogP contribution < -0.4 is 5.32 Å². The Balaban J connectivity index is 1.85. The summed E-state index contributed by atoms with van der Waals surface area (Å²) in [5.74, 6) is 0.536. The molecule has 1 heterocycles. The number of halogens is 2. The number of hydrogen-bond acceptors (Lipinski definition) is 2. The fraction of sp³-hybridized carbons (Fsp3) is 0.647. The van der Waals surface area contributed by atoms with Crippen molar-refractivity contribution >= 4 is 11.6 Å². The number of rotatable bonds is 3. The van der Waals surface area contributed by atoms with Crippen LogP contribution in [0.25, 0.3) is 0 Å². The van der Waals surface area contributed by atoms with Crippen molar-refractivity contribution in [3.05, 3.63) is 34.6 Å². The van der Waals surface area contributed by atoms with Crippen molar-refractivity contribution in [1.29, 1.82) is 0 Å². The lowest BCUT2D eigenvalue weighted by atomic mass is 9.85. The quantitative estimate of drug-likeness (QED) is 0.912. The molecule has 2 fully saturated rings. The number of hydrogen-bond donors (Lipinski definition) is 1. The van der Waals surface area contributed by atoms with E-state index in [9.17, 15) is 4.39 Å². The van der Waals surface area contributed by atoms with E-state index in [1.807, 2.05) is 6.07 Å². The first-order valence-corrected chi connectivity index (χ1v) is 8.12. The maximum Gasteiger partial charge on any atom is 0.129 e. The molecule has 1 unspecified atom stereocenters. The lowest BCUT2D eigenvalue weighted by Crippen LogP contribution is -2.67. The molecule has 0 bridgehead atoms. The van der Waals surface area contributed by atoms with E-state index in [4.69, 9.17) is 11.6 Å². The minimum absolute atomic E-state index is 0.0668. The second-order valence-electron chi connectivity index (χ2n) is 7.46. The molecule has 4 heteroatoms. The van der Waals surface area contributed by atoms with Gasteiger partial charge in [0.1, 0.15) is 5.82 Å². The standard InChI is InChI=1S/C17H24ClFN2/c1-16(2)11-21(17(3,10-20-16)13-5-6-13)9-12-4-7-14(18)8-15(12)19/h4,7-8,13,20H,5-6,9-11H2,1-3H3. The molecule has 0 amide bonds. The van der Waals surface area contributed by atoms with E-state index in [1.54, 1.807) is 6.07 Å². The zero-order chi connectivity index (χ0) is 15.3. The summed E-state index contributed by atoms with van der Waals surface area (Å²) in [5.41, 5.74) is 0.933. The van der Waals surface area contributed by atoms with E-state index in [0.29, 0.717) is 11.6 Å². The smallest absolute Gasteiger partial charge is 0.129 e. The Morgan fingerprint density at radius 2 is 2.05 bits per heavy atom. The molecule has 0 aromatic heterocycles. The summed E-state index contributed by atoms with van der Waals surface area (Å²) in [6, 6.07) is 5.01. The maximum absolute atomic E-state index is 14.1. The van der Waals surface area contributed by atoms with Gasteiger partial charge >= 0.3 is 0 Å². The summed E-state index contributed by atoms with van der Waals surface area (Å²) in [6.07, 6.45) is 2.58. The molecule has 3 rings (SSSR count). The fourth-order valence-electron chi connectivity index (χ4n) is 3.44. The summed E-state index contributed by atoms with van der Waals surface area (Å²) in [4.78, 5) is 2.47. The van der Waals surface area contributed by atoms with E-state index in [-0.39, 0.29) is 16.9 Å². The zero-order valence-corrected chi connectivity index (χ0v) is 13.8. The van der Waals surface area contributed by atoms with Crippen molar-refractivity contribution in [2.45, 2.75) is 51.2 Å². The topological polar surface area (TPSA) is 15.3 Å². The molecular weight excluding hydrogens is 287 g/mol. The second-order valence-corrected chi connectivity index (χ2v) is 7.90. The number of piperazine rings is 1. The van der Waals surface area contributed by atoms with Gasteiger partial charge in [0, 0.05) is 41.3 Å². The lowest BCUT2D eigenvalue weighted by molar-refractivity contribution is 0.00450. The van der Waals surface area contributed by atoms with Gasteiger partial charge in [0.2, 0.25) is 0 Å². The third-order valence-corrected chi connectivity index (χ3v) is 5.30. The second kappa shape index (κ2) is 5.22. The van der Waals surface area contributed by atoms with Crippen LogP contribution in [0.2, 0.25) is 5.02 Å². The van der Waals surface area contributed by atoms with Crippen LogP contribution in [0.4, 0.5) is 4.39 Å². The Labute approximate surface area is 131 Å².